The Hall–Kier alpha value is -4.11. The van der Waals surface area contributed by atoms with Gasteiger partial charge in [-0.15, -0.1) is 0 Å². The van der Waals surface area contributed by atoms with Crippen molar-refractivity contribution in [1.82, 2.24) is 4.90 Å². The van der Waals surface area contributed by atoms with Crippen molar-refractivity contribution in [2.45, 2.75) is 18.3 Å². The second-order valence-corrected chi connectivity index (χ2v) is 9.83. The van der Waals surface area contributed by atoms with Gasteiger partial charge < -0.3 is 10.2 Å². The van der Waals surface area contributed by atoms with Crippen molar-refractivity contribution in [3.63, 3.8) is 0 Å². The molecular formula is C28H19ClF3N3O3. The Kier molecular flexibility index (Phi) is 5.57. The fraction of sp³-hybridized carbons (Fsp3) is 0.179. The molecule has 0 spiro atoms. The van der Waals surface area contributed by atoms with E-state index in [0.29, 0.717) is 10.7 Å². The van der Waals surface area contributed by atoms with Crippen LogP contribution in [0.4, 0.5) is 24.5 Å². The van der Waals surface area contributed by atoms with E-state index in [2.05, 4.69) is 5.32 Å². The molecule has 3 amide bonds. The SMILES string of the molecule is O=C(Nc1cccc(C(F)(F)F)c1)[C@@H]1[C@@H]2C(=O)N(c3cccc(Cl)c3)C(=O)[C@@H]2[C@@H]2c3ccccc3C=CN12. The predicted octanol–water partition coefficient (Wildman–Crippen LogP) is 5.51. The minimum atomic E-state index is -4.59. The lowest BCUT2D eigenvalue weighted by atomic mass is 9.84. The Balaban J connectivity index is 1.42. The lowest BCUT2D eigenvalue weighted by Crippen LogP contribution is -2.46. The summed E-state index contributed by atoms with van der Waals surface area (Å²) >= 11 is 6.12. The Morgan fingerprint density at radius 3 is 2.39 bits per heavy atom. The molecule has 0 saturated carbocycles. The first-order valence-electron chi connectivity index (χ1n) is 11.8. The molecule has 192 valence electrons. The van der Waals surface area contributed by atoms with Crippen molar-refractivity contribution in [2.24, 2.45) is 11.8 Å². The number of benzene rings is 3. The van der Waals surface area contributed by atoms with Crippen molar-refractivity contribution >= 4 is 46.8 Å². The number of carbonyl (C=O) groups is 3. The van der Waals surface area contributed by atoms with E-state index in [1.54, 1.807) is 35.4 Å². The fourth-order valence-corrected chi connectivity index (χ4v) is 5.90. The number of carbonyl (C=O) groups excluding carboxylic acids is 3. The summed E-state index contributed by atoms with van der Waals surface area (Å²) < 4.78 is 39.7. The molecule has 3 aromatic carbocycles. The zero-order valence-corrected chi connectivity index (χ0v) is 20.3. The van der Waals surface area contributed by atoms with E-state index in [0.717, 1.165) is 28.2 Å². The molecule has 6 nitrogen and oxygen atoms in total. The molecule has 38 heavy (non-hydrogen) atoms. The topological polar surface area (TPSA) is 69.7 Å². The van der Waals surface area contributed by atoms with Gasteiger partial charge in [-0.3, -0.25) is 14.4 Å². The highest BCUT2D eigenvalue weighted by atomic mass is 35.5. The minimum Gasteiger partial charge on any atom is -0.357 e. The highest BCUT2D eigenvalue weighted by molar-refractivity contribution is 6.31. The zero-order chi connectivity index (χ0) is 26.8. The molecule has 10 heteroatoms. The van der Waals surface area contributed by atoms with Gasteiger partial charge in [-0.1, -0.05) is 48.0 Å². The Morgan fingerprint density at radius 2 is 1.63 bits per heavy atom. The van der Waals surface area contributed by atoms with Crippen molar-refractivity contribution in [3.05, 3.63) is 101 Å². The molecule has 3 aliphatic heterocycles. The molecule has 6 rings (SSSR count). The molecule has 3 aromatic rings. The van der Waals surface area contributed by atoms with Gasteiger partial charge in [0.1, 0.15) is 6.04 Å². The number of halogens is 4. The van der Waals surface area contributed by atoms with Gasteiger partial charge in [0.2, 0.25) is 17.7 Å². The van der Waals surface area contributed by atoms with Crippen molar-refractivity contribution in [1.29, 1.82) is 0 Å². The number of nitrogens with one attached hydrogen (secondary N) is 1. The predicted molar refractivity (Wildman–Crippen MR) is 135 cm³/mol. The molecule has 3 aliphatic rings. The van der Waals surface area contributed by atoms with Gasteiger partial charge in [0.05, 0.1) is 29.1 Å². The van der Waals surface area contributed by atoms with Crippen LogP contribution in [0.5, 0.6) is 0 Å². The Morgan fingerprint density at radius 1 is 0.895 bits per heavy atom. The summed E-state index contributed by atoms with van der Waals surface area (Å²) in [6, 6.07) is 16.3. The molecule has 2 saturated heterocycles. The van der Waals surface area contributed by atoms with Gasteiger partial charge in [-0.2, -0.15) is 13.2 Å². The van der Waals surface area contributed by atoms with Gasteiger partial charge in [-0.25, -0.2) is 4.90 Å². The van der Waals surface area contributed by atoms with E-state index in [-0.39, 0.29) is 5.69 Å². The van der Waals surface area contributed by atoms with Crippen LogP contribution in [0.15, 0.2) is 79.0 Å². The first-order chi connectivity index (χ1) is 18.1. The third-order valence-corrected chi connectivity index (χ3v) is 7.49. The second-order valence-electron chi connectivity index (χ2n) is 9.39. The summed E-state index contributed by atoms with van der Waals surface area (Å²) in [5, 5.41) is 2.89. The van der Waals surface area contributed by atoms with E-state index < -0.39 is 53.4 Å². The van der Waals surface area contributed by atoms with Crippen molar-refractivity contribution < 1.29 is 27.6 Å². The molecule has 0 aliphatic carbocycles. The molecule has 2 fully saturated rings. The number of nitrogens with zero attached hydrogens (tertiary/aromatic N) is 2. The summed E-state index contributed by atoms with van der Waals surface area (Å²) in [6.45, 7) is 0. The van der Waals surface area contributed by atoms with Gasteiger partial charge in [-0.05, 0) is 53.6 Å². The zero-order valence-electron chi connectivity index (χ0n) is 19.5. The molecule has 4 atom stereocenters. The van der Waals surface area contributed by atoms with Crippen LogP contribution in [0, 0.1) is 11.8 Å². The molecule has 0 bridgehead atoms. The molecule has 1 N–H and O–H groups in total. The Labute approximate surface area is 220 Å². The number of imide groups is 1. The van der Waals surface area contributed by atoms with Crippen LogP contribution in [0.25, 0.3) is 6.08 Å². The van der Waals surface area contributed by atoms with Crippen LogP contribution in [-0.4, -0.2) is 28.7 Å². The van der Waals surface area contributed by atoms with Crippen LogP contribution >= 0.6 is 11.6 Å². The summed E-state index contributed by atoms with van der Waals surface area (Å²) in [5.41, 5.74) is 0.963. The number of anilines is 2. The van der Waals surface area contributed by atoms with Gasteiger partial charge in [0.15, 0.2) is 0 Å². The number of fused-ring (bicyclic) bond motifs is 5. The largest absolute Gasteiger partial charge is 0.416 e. The molecule has 0 unspecified atom stereocenters. The maximum Gasteiger partial charge on any atom is 0.416 e. The second kappa shape index (κ2) is 8.73. The van der Waals surface area contributed by atoms with E-state index in [4.69, 9.17) is 11.6 Å². The van der Waals surface area contributed by atoms with Crippen LogP contribution in [0.2, 0.25) is 5.02 Å². The lowest BCUT2D eigenvalue weighted by molar-refractivity contribution is -0.137. The molecule has 0 aromatic heterocycles. The van der Waals surface area contributed by atoms with Gasteiger partial charge in [0.25, 0.3) is 0 Å². The summed E-state index contributed by atoms with van der Waals surface area (Å²) in [4.78, 5) is 44.0. The van der Waals surface area contributed by atoms with Crippen molar-refractivity contribution in [2.75, 3.05) is 10.2 Å². The summed E-state index contributed by atoms with van der Waals surface area (Å²) in [5.74, 6) is -3.65. The fourth-order valence-electron chi connectivity index (χ4n) is 5.72. The van der Waals surface area contributed by atoms with Gasteiger partial charge in [0, 0.05) is 16.9 Å². The highest BCUT2D eigenvalue weighted by Gasteiger charge is 2.64. The first-order valence-corrected chi connectivity index (χ1v) is 12.2. The number of hydrogen-bond acceptors (Lipinski definition) is 4. The minimum absolute atomic E-state index is 0.0605. The molecular weight excluding hydrogens is 519 g/mol. The quantitative estimate of drug-likeness (QED) is 0.447. The standard InChI is InChI=1S/C28H19ClF3N3O3/c29-17-7-4-9-19(14-17)35-26(37)21-22(27(35)38)24(34-12-11-15-5-1-2-10-20(15)23(21)34)25(36)33-18-8-3-6-16(13-18)28(30,31)32/h1-14,21-24H,(H,33,36)/t21-,22+,23-,24-/m0/s1. The van der Waals surface area contributed by atoms with Crippen molar-refractivity contribution in [3.8, 4) is 0 Å². The van der Waals surface area contributed by atoms with Gasteiger partial charge >= 0.3 is 6.18 Å². The highest BCUT2D eigenvalue weighted by Crippen LogP contribution is 2.53. The number of hydrogen-bond donors (Lipinski definition) is 1. The summed E-state index contributed by atoms with van der Waals surface area (Å²) in [6.07, 6.45) is -1.12. The van der Waals surface area contributed by atoms with Crippen LogP contribution in [0.3, 0.4) is 0 Å². The molecule has 0 radical (unpaired) electrons. The Bertz CT molecular complexity index is 1520. The number of amides is 3. The number of rotatable bonds is 3. The maximum atomic E-state index is 13.8. The van der Waals surface area contributed by atoms with E-state index in [1.807, 2.05) is 24.3 Å². The number of alkyl halides is 3. The maximum absolute atomic E-state index is 13.8. The smallest absolute Gasteiger partial charge is 0.357 e. The van der Waals surface area contributed by atoms with Crippen LogP contribution in [0.1, 0.15) is 22.7 Å². The van der Waals surface area contributed by atoms with Crippen LogP contribution < -0.4 is 10.2 Å². The normalized spacial score (nSPS) is 23.8. The first kappa shape index (κ1) is 24.2. The average Bonchev–Trinajstić information content (AvgIpc) is 3.36. The monoisotopic (exact) mass is 537 g/mol. The van der Waals surface area contributed by atoms with E-state index >= 15 is 0 Å². The van der Waals surface area contributed by atoms with E-state index in [9.17, 15) is 27.6 Å². The summed E-state index contributed by atoms with van der Waals surface area (Å²) in [7, 11) is 0. The molecule has 3 heterocycles. The third kappa shape index (κ3) is 3.77. The average molecular weight is 538 g/mol. The third-order valence-electron chi connectivity index (χ3n) is 7.25. The lowest BCUT2D eigenvalue weighted by Gasteiger charge is -2.35. The van der Waals surface area contributed by atoms with E-state index in [1.165, 1.54) is 18.2 Å². The van der Waals surface area contributed by atoms with Crippen LogP contribution in [-0.2, 0) is 20.6 Å².